The standard InChI is InChI=1S/C19H21N5O2S/c25-19(22-16-5-1-4-15(10-16)18-13-27-14-20-18)23-7-3-9-26-17(11-23)12-24-8-2-6-21-24/h1-2,4-6,8,10,13-14,17H,3,7,9,11-12H2,(H,22,25). The summed E-state index contributed by atoms with van der Waals surface area (Å²) in [6.45, 7) is 2.50. The lowest BCUT2D eigenvalue weighted by molar-refractivity contribution is 0.0442. The zero-order valence-electron chi connectivity index (χ0n) is 14.8. The molecule has 27 heavy (non-hydrogen) atoms. The van der Waals surface area contributed by atoms with E-state index in [9.17, 15) is 4.79 Å². The molecule has 4 rings (SSSR count). The summed E-state index contributed by atoms with van der Waals surface area (Å²) in [5.41, 5.74) is 4.47. The van der Waals surface area contributed by atoms with Crippen LogP contribution < -0.4 is 5.32 Å². The lowest BCUT2D eigenvalue weighted by Gasteiger charge is -2.24. The van der Waals surface area contributed by atoms with Gasteiger partial charge in [0.2, 0.25) is 0 Å². The van der Waals surface area contributed by atoms with Crippen LogP contribution in [0.15, 0.2) is 53.6 Å². The van der Waals surface area contributed by atoms with Gasteiger partial charge in [-0.1, -0.05) is 12.1 Å². The molecule has 0 saturated carbocycles. The second-order valence-corrected chi connectivity index (χ2v) is 7.12. The smallest absolute Gasteiger partial charge is 0.321 e. The summed E-state index contributed by atoms with van der Waals surface area (Å²) in [4.78, 5) is 18.9. The van der Waals surface area contributed by atoms with Crippen LogP contribution in [0.2, 0.25) is 0 Å². The summed E-state index contributed by atoms with van der Waals surface area (Å²) < 4.78 is 7.72. The van der Waals surface area contributed by atoms with Gasteiger partial charge >= 0.3 is 6.03 Å². The predicted octanol–water partition coefficient (Wildman–Crippen LogP) is 3.33. The topological polar surface area (TPSA) is 72.3 Å². The number of aromatic nitrogens is 3. The van der Waals surface area contributed by atoms with Crippen molar-refractivity contribution in [2.45, 2.75) is 19.1 Å². The maximum atomic E-state index is 12.8. The van der Waals surface area contributed by atoms with E-state index in [1.807, 2.05) is 51.5 Å². The summed E-state index contributed by atoms with van der Waals surface area (Å²) in [6, 6.07) is 9.53. The van der Waals surface area contributed by atoms with Crippen LogP contribution in [0, 0.1) is 0 Å². The molecule has 1 N–H and O–H groups in total. The molecule has 1 aliphatic heterocycles. The number of ether oxygens (including phenoxy) is 1. The van der Waals surface area contributed by atoms with Gasteiger partial charge in [-0.2, -0.15) is 5.10 Å². The molecule has 1 fully saturated rings. The van der Waals surface area contributed by atoms with Crippen molar-refractivity contribution in [1.82, 2.24) is 19.7 Å². The predicted molar refractivity (Wildman–Crippen MR) is 105 cm³/mol. The zero-order valence-corrected chi connectivity index (χ0v) is 15.6. The minimum Gasteiger partial charge on any atom is -0.374 e. The van der Waals surface area contributed by atoms with Crippen molar-refractivity contribution in [2.75, 3.05) is 25.0 Å². The Morgan fingerprint density at radius 2 is 2.33 bits per heavy atom. The fourth-order valence-electron chi connectivity index (χ4n) is 3.12. The van der Waals surface area contributed by atoms with Gasteiger partial charge < -0.3 is 15.0 Å². The maximum Gasteiger partial charge on any atom is 0.321 e. The Labute approximate surface area is 161 Å². The molecule has 140 valence electrons. The number of carbonyl (C=O) groups excluding carboxylic acids is 1. The van der Waals surface area contributed by atoms with Crippen LogP contribution in [0.4, 0.5) is 10.5 Å². The number of urea groups is 1. The molecule has 1 saturated heterocycles. The highest BCUT2D eigenvalue weighted by Gasteiger charge is 2.23. The fraction of sp³-hybridized carbons (Fsp3) is 0.316. The van der Waals surface area contributed by atoms with Crippen molar-refractivity contribution in [2.24, 2.45) is 0 Å². The van der Waals surface area contributed by atoms with Crippen molar-refractivity contribution >= 4 is 23.1 Å². The fourth-order valence-corrected chi connectivity index (χ4v) is 3.68. The van der Waals surface area contributed by atoms with Gasteiger partial charge in [0.1, 0.15) is 0 Å². The zero-order chi connectivity index (χ0) is 18.5. The van der Waals surface area contributed by atoms with Crippen LogP contribution in [0.3, 0.4) is 0 Å². The van der Waals surface area contributed by atoms with E-state index in [0.29, 0.717) is 26.2 Å². The first kappa shape index (κ1) is 17.7. The van der Waals surface area contributed by atoms with Gasteiger partial charge in [-0.05, 0) is 24.6 Å². The second-order valence-electron chi connectivity index (χ2n) is 6.41. The highest BCUT2D eigenvalue weighted by molar-refractivity contribution is 7.07. The third-order valence-corrected chi connectivity index (χ3v) is 5.02. The van der Waals surface area contributed by atoms with Crippen molar-refractivity contribution in [3.05, 3.63) is 53.6 Å². The molecule has 1 aliphatic rings. The Hall–Kier alpha value is -2.71. The van der Waals surface area contributed by atoms with Crippen LogP contribution in [0.25, 0.3) is 11.3 Å². The Morgan fingerprint density at radius 1 is 1.37 bits per heavy atom. The Morgan fingerprint density at radius 3 is 3.15 bits per heavy atom. The van der Waals surface area contributed by atoms with Gasteiger partial charge in [0.05, 0.1) is 30.4 Å². The highest BCUT2D eigenvalue weighted by Crippen LogP contribution is 2.22. The average Bonchev–Trinajstić information content (AvgIpc) is 3.34. The van der Waals surface area contributed by atoms with Crippen LogP contribution in [-0.4, -0.2) is 51.5 Å². The molecule has 0 spiro atoms. The number of amides is 2. The SMILES string of the molecule is O=C(Nc1cccc(-c2cscn2)c1)N1CCCOC(Cn2cccn2)C1. The summed E-state index contributed by atoms with van der Waals surface area (Å²) in [7, 11) is 0. The van der Waals surface area contributed by atoms with Crippen molar-refractivity contribution in [3.63, 3.8) is 0 Å². The molecule has 2 amide bonds. The largest absolute Gasteiger partial charge is 0.374 e. The van der Waals surface area contributed by atoms with Gasteiger partial charge in [-0.15, -0.1) is 11.3 Å². The van der Waals surface area contributed by atoms with E-state index >= 15 is 0 Å². The Kier molecular flexibility index (Phi) is 5.45. The molecule has 1 unspecified atom stereocenters. The summed E-state index contributed by atoms with van der Waals surface area (Å²) in [5.74, 6) is 0. The molecule has 3 aromatic rings. The second kappa shape index (κ2) is 8.32. The Bertz CT molecular complexity index is 866. The first-order valence-electron chi connectivity index (χ1n) is 8.91. The third-order valence-electron chi connectivity index (χ3n) is 4.43. The van der Waals surface area contributed by atoms with E-state index in [1.165, 1.54) is 0 Å². The Balaban J connectivity index is 1.41. The van der Waals surface area contributed by atoms with Crippen LogP contribution in [-0.2, 0) is 11.3 Å². The minimum atomic E-state index is -0.110. The molecule has 0 aliphatic carbocycles. The van der Waals surface area contributed by atoms with Crippen LogP contribution in [0.1, 0.15) is 6.42 Å². The number of nitrogens with one attached hydrogen (secondary N) is 1. The van der Waals surface area contributed by atoms with Crippen molar-refractivity contribution in [3.8, 4) is 11.3 Å². The lowest BCUT2D eigenvalue weighted by atomic mass is 10.1. The highest BCUT2D eigenvalue weighted by atomic mass is 32.1. The van der Waals surface area contributed by atoms with Crippen molar-refractivity contribution in [1.29, 1.82) is 0 Å². The first-order chi connectivity index (χ1) is 13.3. The molecular weight excluding hydrogens is 362 g/mol. The van der Waals surface area contributed by atoms with E-state index in [2.05, 4.69) is 15.4 Å². The van der Waals surface area contributed by atoms with Gasteiger partial charge in [-0.3, -0.25) is 4.68 Å². The number of nitrogens with zero attached hydrogens (tertiary/aromatic N) is 4. The number of hydrogen-bond acceptors (Lipinski definition) is 5. The van der Waals surface area contributed by atoms with Gasteiger partial charge in [0, 0.05) is 42.2 Å². The third kappa shape index (κ3) is 4.53. The number of thiazole rings is 1. The maximum absolute atomic E-state index is 12.8. The minimum absolute atomic E-state index is 0.0699. The molecule has 1 atom stereocenters. The number of anilines is 1. The molecular formula is C19H21N5O2S. The van der Waals surface area contributed by atoms with E-state index < -0.39 is 0 Å². The summed E-state index contributed by atoms with van der Waals surface area (Å²) in [5, 5.41) is 9.22. The summed E-state index contributed by atoms with van der Waals surface area (Å²) >= 11 is 1.55. The molecule has 0 bridgehead atoms. The number of rotatable bonds is 4. The van der Waals surface area contributed by atoms with E-state index in [4.69, 9.17) is 4.74 Å². The van der Waals surface area contributed by atoms with E-state index in [1.54, 1.807) is 23.0 Å². The normalized spacial score (nSPS) is 17.5. The molecule has 7 nitrogen and oxygen atoms in total. The monoisotopic (exact) mass is 383 g/mol. The number of benzene rings is 1. The average molecular weight is 383 g/mol. The first-order valence-corrected chi connectivity index (χ1v) is 9.86. The quantitative estimate of drug-likeness (QED) is 0.750. The van der Waals surface area contributed by atoms with Crippen molar-refractivity contribution < 1.29 is 9.53 Å². The lowest BCUT2D eigenvalue weighted by Crippen LogP contribution is -2.41. The number of carbonyl (C=O) groups is 1. The molecule has 0 radical (unpaired) electrons. The molecule has 1 aromatic carbocycles. The molecule has 8 heteroatoms. The van der Waals surface area contributed by atoms with Gasteiger partial charge in [-0.25, -0.2) is 9.78 Å². The van der Waals surface area contributed by atoms with Crippen LogP contribution >= 0.6 is 11.3 Å². The van der Waals surface area contributed by atoms with Crippen LogP contribution in [0.5, 0.6) is 0 Å². The van der Waals surface area contributed by atoms with Gasteiger partial charge in [0.25, 0.3) is 0 Å². The molecule has 3 heterocycles. The van der Waals surface area contributed by atoms with E-state index in [-0.39, 0.29) is 12.1 Å². The van der Waals surface area contributed by atoms with Gasteiger partial charge in [0.15, 0.2) is 0 Å². The summed E-state index contributed by atoms with van der Waals surface area (Å²) in [6.07, 6.45) is 4.40. The number of hydrogen-bond donors (Lipinski definition) is 1. The molecule has 2 aromatic heterocycles. The van der Waals surface area contributed by atoms with E-state index in [0.717, 1.165) is 23.4 Å².